The Kier molecular flexibility index (Phi) is 5.25. The monoisotopic (exact) mass is 384 g/mol. The van der Waals surface area contributed by atoms with Gasteiger partial charge < -0.3 is 18.9 Å². The highest BCUT2D eigenvalue weighted by atomic mass is 16.6. The number of benzene rings is 2. The Hall–Kier alpha value is -3.88. The Morgan fingerprint density at radius 2 is 1.68 bits per heavy atom. The summed E-state index contributed by atoms with van der Waals surface area (Å²) in [7, 11) is 4.45. The molecule has 1 aliphatic heterocycles. The normalized spacial score (nSPS) is 14.5. The molecule has 0 amide bonds. The third kappa shape index (κ3) is 3.50. The van der Waals surface area contributed by atoms with Gasteiger partial charge in [-0.05, 0) is 30.3 Å². The largest absolute Gasteiger partial charge is 0.493 e. The zero-order valence-corrected chi connectivity index (χ0v) is 15.3. The van der Waals surface area contributed by atoms with Crippen LogP contribution in [0.25, 0.3) is 6.08 Å². The molecule has 0 spiro atoms. The van der Waals surface area contributed by atoms with Crippen LogP contribution in [0.5, 0.6) is 17.2 Å². The summed E-state index contributed by atoms with van der Waals surface area (Å²) < 4.78 is 21.1. The quantitative estimate of drug-likeness (QED) is 0.326. The van der Waals surface area contributed by atoms with Crippen LogP contribution in [0.4, 0.5) is 5.69 Å². The SMILES string of the molecule is COc1ccc(/C=C2\N=C(c3ccc([N+](=O)[O-])cc3)OC2=O)c(OC)c1OC. The third-order valence-corrected chi connectivity index (χ3v) is 3.97. The van der Waals surface area contributed by atoms with E-state index in [0.29, 0.717) is 28.4 Å². The summed E-state index contributed by atoms with van der Waals surface area (Å²) in [5.74, 6) is 0.646. The van der Waals surface area contributed by atoms with Gasteiger partial charge in [0, 0.05) is 23.3 Å². The second-order valence-corrected chi connectivity index (χ2v) is 5.56. The number of hydrogen-bond acceptors (Lipinski definition) is 8. The van der Waals surface area contributed by atoms with Crippen LogP contribution in [0.1, 0.15) is 11.1 Å². The summed E-state index contributed by atoms with van der Waals surface area (Å²) in [4.78, 5) is 26.6. The number of nitrogens with zero attached hydrogens (tertiary/aromatic N) is 2. The van der Waals surface area contributed by atoms with Crippen LogP contribution in [0.2, 0.25) is 0 Å². The van der Waals surface area contributed by atoms with Crippen LogP contribution in [0.3, 0.4) is 0 Å². The van der Waals surface area contributed by atoms with Gasteiger partial charge in [-0.2, -0.15) is 0 Å². The van der Waals surface area contributed by atoms with Crippen molar-refractivity contribution in [3.63, 3.8) is 0 Å². The van der Waals surface area contributed by atoms with Crippen LogP contribution < -0.4 is 14.2 Å². The van der Waals surface area contributed by atoms with Crippen molar-refractivity contribution in [2.24, 2.45) is 4.99 Å². The third-order valence-electron chi connectivity index (χ3n) is 3.97. The predicted octanol–water partition coefficient (Wildman–Crippen LogP) is 2.97. The molecule has 9 heteroatoms. The predicted molar refractivity (Wildman–Crippen MR) is 99.8 cm³/mol. The van der Waals surface area contributed by atoms with Crippen LogP contribution in [0, 0.1) is 10.1 Å². The zero-order chi connectivity index (χ0) is 20.3. The topological polar surface area (TPSA) is 109 Å². The molecule has 9 nitrogen and oxygen atoms in total. The van der Waals surface area contributed by atoms with E-state index < -0.39 is 10.9 Å². The minimum Gasteiger partial charge on any atom is -0.493 e. The number of aliphatic imine (C=N–C) groups is 1. The highest BCUT2D eigenvalue weighted by Crippen LogP contribution is 2.40. The minimum absolute atomic E-state index is 0.0545. The second kappa shape index (κ2) is 7.78. The molecule has 3 rings (SSSR count). The summed E-state index contributed by atoms with van der Waals surface area (Å²) in [5.41, 5.74) is 0.973. The summed E-state index contributed by atoms with van der Waals surface area (Å²) >= 11 is 0. The molecule has 0 saturated heterocycles. The average Bonchev–Trinajstić information content (AvgIpc) is 3.07. The zero-order valence-electron chi connectivity index (χ0n) is 15.3. The summed E-state index contributed by atoms with van der Waals surface area (Å²) in [6.45, 7) is 0. The van der Waals surface area contributed by atoms with E-state index in [9.17, 15) is 14.9 Å². The van der Waals surface area contributed by atoms with Crippen molar-refractivity contribution in [2.75, 3.05) is 21.3 Å². The number of esters is 1. The van der Waals surface area contributed by atoms with Gasteiger partial charge >= 0.3 is 5.97 Å². The number of cyclic esters (lactones) is 1. The van der Waals surface area contributed by atoms with Gasteiger partial charge in [-0.25, -0.2) is 9.79 Å². The molecule has 0 aromatic heterocycles. The Morgan fingerprint density at radius 1 is 1.00 bits per heavy atom. The van der Waals surface area contributed by atoms with Crippen molar-refractivity contribution in [1.82, 2.24) is 0 Å². The molecular weight excluding hydrogens is 368 g/mol. The molecule has 144 valence electrons. The molecule has 0 radical (unpaired) electrons. The number of methoxy groups -OCH3 is 3. The maximum absolute atomic E-state index is 12.2. The number of ether oxygens (including phenoxy) is 4. The fourth-order valence-corrected chi connectivity index (χ4v) is 2.64. The molecule has 0 unspecified atom stereocenters. The lowest BCUT2D eigenvalue weighted by Gasteiger charge is -2.14. The molecule has 0 saturated carbocycles. The molecule has 0 atom stereocenters. The number of nitro groups is 1. The second-order valence-electron chi connectivity index (χ2n) is 5.56. The number of carbonyl (C=O) groups is 1. The molecule has 1 heterocycles. The fourth-order valence-electron chi connectivity index (χ4n) is 2.64. The molecule has 28 heavy (non-hydrogen) atoms. The van der Waals surface area contributed by atoms with Gasteiger partial charge in [0.2, 0.25) is 11.6 Å². The summed E-state index contributed by atoms with van der Waals surface area (Å²) in [6.07, 6.45) is 1.50. The van der Waals surface area contributed by atoms with E-state index in [-0.39, 0.29) is 17.3 Å². The summed E-state index contributed by atoms with van der Waals surface area (Å²) in [6, 6.07) is 8.92. The van der Waals surface area contributed by atoms with Gasteiger partial charge in [0.15, 0.2) is 17.2 Å². The molecular formula is C19H16N2O7. The van der Waals surface area contributed by atoms with Gasteiger partial charge in [-0.15, -0.1) is 0 Å². The van der Waals surface area contributed by atoms with Crippen molar-refractivity contribution in [2.45, 2.75) is 0 Å². The summed E-state index contributed by atoms with van der Waals surface area (Å²) in [5, 5.41) is 10.7. The van der Waals surface area contributed by atoms with Crippen molar-refractivity contribution in [3.05, 3.63) is 63.3 Å². The number of non-ortho nitro benzene ring substituents is 1. The number of nitro benzene ring substituents is 1. The van der Waals surface area contributed by atoms with E-state index in [1.807, 2.05) is 0 Å². The maximum Gasteiger partial charge on any atom is 0.363 e. The first-order valence-corrected chi connectivity index (χ1v) is 8.04. The highest BCUT2D eigenvalue weighted by Gasteiger charge is 2.26. The Balaban J connectivity index is 1.98. The number of rotatable bonds is 6. The van der Waals surface area contributed by atoms with E-state index in [4.69, 9.17) is 18.9 Å². The molecule has 0 bridgehead atoms. The molecule has 0 N–H and O–H groups in total. The van der Waals surface area contributed by atoms with Crippen molar-refractivity contribution >= 4 is 23.6 Å². The minimum atomic E-state index is -0.648. The van der Waals surface area contributed by atoms with Crippen LogP contribution >= 0.6 is 0 Å². The maximum atomic E-state index is 12.2. The van der Waals surface area contributed by atoms with Gasteiger partial charge in [0.25, 0.3) is 5.69 Å². The number of hydrogen-bond donors (Lipinski definition) is 0. The first kappa shape index (κ1) is 18.9. The Labute approximate surface area is 160 Å². The lowest BCUT2D eigenvalue weighted by atomic mass is 10.1. The number of carbonyl (C=O) groups excluding carboxylic acids is 1. The van der Waals surface area contributed by atoms with E-state index >= 15 is 0 Å². The molecule has 0 aliphatic carbocycles. The van der Waals surface area contributed by atoms with Crippen LogP contribution in [-0.4, -0.2) is 38.1 Å². The average molecular weight is 384 g/mol. The highest BCUT2D eigenvalue weighted by molar-refractivity contribution is 6.13. The van der Waals surface area contributed by atoms with Crippen molar-refractivity contribution in [3.8, 4) is 17.2 Å². The van der Waals surface area contributed by atoms with Crippen molar-refractivity contribution < 1.29 is 28.7 Å². The van der Waals surface area contributed by atoms with Gasteiger partial charge in [0.05, 0.1) is 26.3 Å². The van der Waals surface area contributed by atoms with E-state index in [1.165, 1.54) is 51.7 Å². The first-order valence-electron chi connectivity index (χ1n) is 8.04. The smallest absolute Gasteiger partial charge is 0.363 e. The Bertz CT molecular complexity index is 994. The van der Waals surface area contributed by atoms with E-state index in [1.54, 1.807) is 12.1 Å². The van der Waals surface area contributed by atoms with Crippen LogP contribution in [-0.2, 0) is 9.53 Å². The van der Waals surface area contributed by atoms with Gasteiger partial charge in [0.1, 0.15) is 0 Å². The molecule has 0 fully saturated rings. The lowest BCUT2D eigenvalue weighted by Crippen LogP contribution is -2.05. The van der Waals surface area contributed by atoms with Gasteiger partial charge in [-0.1, -0.05) is 0 Å². The van der Waals surface area contributed by atoms with Crippen LogP contribution in [0.15, 0.2) is 47.1 Å². The molecule has 2 aromatic carbocycles. The standard InChI is InChI=1S/C19H16N2O7/c1-25-15-9-6-12(16(26-2)17(15)27-3)10-14-19(22)28-18(20-14)11-4-7-13(8-5-11)21(23)24/h4-10H,1-3H3/b14-10-. The first-order chi connectivity index (χ1) is 13.5. The van der Waals surface area contributed by atoms with Crippen molar-refractivity contribution in [1.29, 1.82) is 0 Å². The fraction of sp³-hybridized carbons (Fsp3) is 0.158. The van der Waals surface area contributed by atoms with E-state index in [0.717, 1.165) is 0 Å². The molecule has 1 aliphatic rings. The molecule has 2 aromatic rings. The van der Waals surface area contributed by atoms with E-state index in [2.05, 4.69) is 4.99 Å². The van der Waals surface area contributed by atoms with Gasteiger partial charge in [-0.3, -0.25) is 10.1 Å². The lowest BCUT2D eigenvalue weighted by molar-refractivity contribution is -0.384. The Morgan fingerprint density at radius 3 is 2.25 bits per heavy atom.